The van der Waals surface area contributed by atoms with Gasteiger partial charge in [0.15, 0.2) is 0 Å². The van der Waals surface area contributed by atoms with E-state index in [4.69, 9.17) is 10.2 Å². The number of carbonyl (C=O) groups is 1. The van der Waals surface area contributed by atoms with Gasteiger partial charge in [-0.15, -0.1) is 0 Å². The minimum absolute atomic E-state index is 0.0448. The molecule has 0 saturated carbocycles. The van der Waals surface area contributed by atoms with Crippen LogP contribution in [-0.4, -0.2) is 25.5 Å². The molecule has 2 unspecified atom stereocenters. The second-order valence-electron chi connectivity index (χ2n) is 4.39. The van der Waals surface area contributed by atoms with Crippen molar-refractivity contribution >= 4 is 21.7 Å². The van der Waals surface area contributed by atoms with E-state index in [-0.39, 0.29) is 10.9 Å². The number of sulfonamides is 1. The van der Waals surface area contributed by atoms with Crippen molar-refractivity contribution in [1.29, 1.82) is 0 Å². The molecule has 0 spiro atoms. The molecule has 4 N–H and O–H groups in total. The lowest BCUT2D eigenvalue weighted by Gasteiger charge is -2.13. The Hall–Kier alpha value is -1.86. The Labute approximate surface area is 111 Å². The summed E-state index contributed by atoms with van der Waals surface area (Å²) in [7, 11) is -3.69. The zero-order valence-electron chi connectivity index (χ0n) is 9.98. The summed E-state index contributed by atoms with van der Waals surface area (Å²) < 4.78 is 22.2. The molecule has 0 aliphatic heterocycles. The van der Waals surface area contributed by atoms with Crippen molar-refractivity contribution in [2.45, 2.75) is 17.4 Å². The van der Waals surface area contributed by atoms with Crippen LogP contribution in [0.3, 0.4) is 0 Å². The van der Waals surface area contributed by atoms with E-state index in [1.54, 1.807) is 24.3 Å². The number of nitrogens with one attached hydrogen (secondary N) is 1. The average molecular weight is 282 g/mol. The van der Waals surface area contributed by atoms with Gasteiger partial charge in [0.2, 0.25) is 10.0 Å². The van der Waals surface area contributed by atoms with Crippen molar-refractivity contribution in [2.24, 2.45) is 11.1 Å². The molecular formula is C12H14N2O4S. The lowest BCUT2D eigenvalue weighted by molar-refractivity contribution is -0.140. The quantitative estimate of drug-likeness (QED) is 0.707. The Kier molecular flexibility index (Phi) is 3.59. The van der Waals surface area contributed by atoms with E-state index >= 15 is 0 Å². The Balaban J connectivity index is 2.02. The molecule has 7 heteroatoms. The van der Waals surface area contributed by atoms with Crippen molar-refractivity contribution in [3.63, 3.8) is 0 Å². The van der Waals surface area contributed by atoms with E-state index in [0.29, 0.717) is 12.1 Å². The van der Waals surface area contributed by atoms with Gasteiger partial charge in [-0.3, -0.25) is 4.79 Å². The number of aliphatic carboxylic acids is 1. The number of hydrogen-bond donors (Lipinski definition) is 3. The van der Waals surface area contributed by atoms with Gasteiger partial charge >= 0.3 is 5.97 Å². The molecule has 2 atom stereocenters. The lowest BCUT2D eigenvalue weighted by atomic mass is 10.1. The minimum atomic E-state index is -3.69. The molecule has 102 valence electrons. The SMILES string of the molecule is NS(=O)(=O)c1ccc(NC2C=CC(C(=O)O)C2)cc1. The molecule has 2 rings (SSSR count). The number of carboxylic acids is 1. The van der Waals surface area contributed by atoms with Crippen LogP contribution in [0.25, 0.3) is 0 Å². The van der Waals surface area contributed by atoms with Gasteiger partial charge in [0.25, 0.3) is 0 Å². The predicted molar refractivity (Wildman–Crippen MR) is 70.1 cm³/mol. The molecule has 0 fully saturated rings. The van der Waals surface area contributed by atoms with E-state index in [1.807, 2.05) is 0 Å². The van der Waals surface area contributed by atoms with E-state index in [9.17, 15) is 13.2 Å². The average Bonchev–Trinajstić information content (AvgIpc) is 2.77. The Morgan fingerprint density at radius 3 is 2.37 bits per heavy atom. The van der Waals surface area contributed by atoms with Gasteiger partial charge in [0.05, 0.1) is 10.8 Å². The van der Waals surface area contributed by atoms with Crippen LogP contribution in [0.1, 0.15) is 6.42 Å². The lowest BCUT2D eigenvalue weighted by Crippen LogP contribution is -2.18. The largest absolute Gasteiger partial charge is 0.481 e. The highest BCUT2D eigenvalue weighted by Gasteiger charge is 2.24. The first-order valence-corrected chi connectivity index (χ1v) is 7.21. The highest BCUT2D eigenvalue weighted by molar-refractivity contribution is 7.89. The van der Waals surface area contributed by atoms with Crippen molar-refractivity contribution < 1.29 is 18.3 Å². The first kappa shape index (κ1) is 13.6. The summed E-state index contributed by atoms with van der Waals surface area (Å²) in [6.07, 6.45) is 3.93. The standard InChI is InChI=1S/C12H14N2O4S/c13-19(17,18)11-5-3-9(4-6-11)14-10-2-1-8(7-10)12(15)16/h1-6,8,10,14H,7H2,(H,15,16)(H2,13,17,18). The molecule has 6 nitrogen and oxygen atoms in total. The minimum Gasteiger partial charge on any atom is -0.481 e. The maximum absolute atomic E-state index is 11.1. The van der Waals surface area contributed by atoms with Gasteiger partial charge < -0.3 is 10.4 Å². The molecule has 1 aromatic rings. The number of anilines is 1. The zero-order valence-corrected chi connectivity index (χ0v) is 10.8. The van der Waals surface area contributed by atoms with Gasteiger partial charge in [-0.25, -0.2) is 13.6 Å². The second-order valence-corrected chi connectivity index (χ2v) is 5.95. The Morgan fingerprint density at radius 2 is 1.89 bits per heavy atom. The third-order valence-electron chi connectivity index (χ3n) is 2.94. The molecule has 1 aromatic carbocycles. The predicted octanol–water partition coefficient (Wildman–Crippen LogP) is 0.775. The van der Waals surface area contributed by atoms with Crippen LogP contribution in [0.4, 0.5) is 5.69 Å². The summed E-state index contributed by atoms with van der Waals surface area (Å²) in [4.78, 5) is 10.8. The second kappa shape index (κ2) is 5.02. The highest BCUT2D eigenvalue weighted by Crippen LogP contribution is 2.22. The van der Waals surface area contributed by atoms with Crippen LogP contribution in [0.2, 0.25) is 0 Å². The fourth-order valence-electron chi connectivity index (χ4n) is 1.94. The molecule has 0 aromatic heterocycles. The van der Waals surface area contributed by atoms with Gasteiger partial charge in [-0.05, 0) is 30.7 Å². The molecule has 19 heavy (non-hydrogen) atoms. The van der Waals surface area contributed by atoms with E-state index < -0.39 is 21.9 Å². The fraction of sp³-hybridized carbons (Fsp3) is 0.250. The maximum atomic E-state index is 11.1. The van der Waals surface area contributed by atoms with Gasteiger partial charge in [-0.2, -0.15) is 0 Å². The molecule has 0 radical (unpaired) electrons. The first-order chi connectivity index (χ1) is 8.86. The topological polar surface area (TPSA) is 109 Å². The molecule has 1 aliphatic carbocycles. The smallest absolute Gasteiger partial charge is 0.310 e. The molecule has 0 saturated heterocycles. The van der Waals surface area contributed by atoms with Crippen LogP contribution in [0.15, 0.2) is 41.3 Å². The van der Waals surface area contributed by atoms with Crippen LogP contribution >= 0.6 is 0 Å². The molecular weight excluding hydrogens is 268 g/mol. The van der Waals surface area contributed by atoms with Crippen molar-refractivity contribution in [1.82, 2.24) is 0 Å². The highest BCUT2D eigenvalue weighted by atomic mass is 32.2. The fourth-order valence-corrected chi connectivity index (χ4v) is 2.46. The number of benzene rings is 1. The van der Waals surface area contributed by atoms with Gasteiger partial charge in [0.1, 0.15) is 0 Å². The van der Waals surface area contributed by atoms with Crippen molar-refractivity contribution in [2.75, 3.05) is 5.32 Å². The van der Waals surface area contributed by atoms with Crippen LogP contribution in [0, 0.1) is 5.92 Å². The maximum Gasteiger partial charge on any atom is 0.310 e. The summed E-state index contributed by atoms with van der Waals surface area (Å²) >= 11 is 0. The van der Waals surface area contributed by atoms with Gasteiger partial charge in [-0.1, -0.05) is 12.2 Å². The van der Waals surface area contributed by atoms with E-state index in [1.165, 1.54) is 12.1 Å². The normalized spacial score (nSPS) is 22.4. The van der Waals surface area contributed by atoms with Crippen LogP contribution in [-0.2, 0) is 14.8 Å². The van der Waals surface area contributed by atoms with Gasteiger partial charge in [0, 0.05) is 11.7 Å². The van der Waals surface area contributed by atoms with Crippen molar-refractivity contribution in [3.8, 4) is 0 Å². The number of primary sulfonamides is 1. The number of carboxylic acid groups (broad SMARTS) is 1. The van der Waals surface area contributed by atoms with E-state index in [2.05, 4.69) is 5.32 Å². The monoisotopic (exact) mass is 282 g/mol. The summed E-state index contributed by atoms with van der Waals surface area (Å²) in [5, 5.41) is 17.0. The number of hydrogen-bond acceptors (Lipinski definition) is 4. The zero-order chi connectivity index (χ0) is 14.0. The molecule has 0 bridgehead atoms. The summed E-state index contributed by atoms with van der Waals surface area (Å²) in [6.45, 7) is 0. The Morgan fingerprint density at radius 1 is 1.26 bits per heavy atom. The summed E-state index contributed by atoms with van der Waals surface area (Å²) in [5.74, 6) is -1.31. The molecule has 0 heterocycles. The van der Waals surface area contributed by atoms with Crippen LogP contribution in [0.5, 0.6) is 0 Å². The molecule has 0 amide bonds. The third kappa shape index (κ3) is 3.33. The number of nitrogens with two attached hydrogens (primary N) is 1. The first-order valence-electron chi connectivity index (χ1n) is 5.67. The summed E-state index contributed by atoms with van der Waals surface area (Å²) in [6, 6.07) is 5.95. The Bertz CT molecular complexity index is 607. The van der Waals surface area contributed by atoms with Crippen LogP contribution < -0.4 is 10.5 Å². The van der Waals surface area contributed by atoms with Crippen molar-refractivity contribution in [3.05, 3.63) is 36.4 Å². The summed E-state index contributed by atoms with van der Waals surface area (Å²) in [5.41, 5.74) is 0.716. The molecule has 1 aliphatic rings. The third-order valence-corrected chi connectivity index (χ3v) is 3.86. The van der Waals surface area contributed by atoms with E-state index in [0.717, 1.165) is 0 Å². The number of rotatable bonds is 4.